The van der Waals surface area contributed by atoms with Crippen LogP contribution < -0.4 is 14.8 Å². The van der Waals surface area contributed by atoms with Crippen LogP contribution in [-0.2, 0) is 20.9 Å². The summed E-state index contributed by atoms with van der Waals surface area (Å²) < 4.78 is 16.4. The van der Waals surface area contributed by atoms with Crippen LogP contribution in [0.5, 0.6) is 11.5 Å². The van der Waals surface area contributed by atoms with E-state index < -0.39 is 5.92 Å². The minimum Gasteiger partial charge on any atom is -0.490 e. The van der Waals surface area contributed by atoms with E-state index in [0.717, 1.165) is 0 Å². The number of nitrogens with zero attached hydrogens (tertiary/aromatic N) is 2. The molecule has 3 rings (SSSR count). The summed E-state index contributed by atoms with van der Waals surface area (Å²) in [5.41, 5.74) is 0.545. The van der Waals surface area contributed by atoms with Crippen molar-refractivity contribution < 1.29 is 28.3 Å². The second-order valence-corrected chi connectivity index (χ2v) is 7.52. The molecule has 3 amide bonds. The maximum absolute atomic E-state index is 12.8. The Kier molecular flexibility index (Phi) is 7.75. The molecule has 2 heterocycles. The number of likely N-dealkylation sites (tertiary alicyclic amines) is 1. The van der Waals surface area contributed by atoms with E-state index in [0.29, 0.717) is 49.2 Å². The number of carbonyl (C=O) groups excluding carboxylic acids is 3. The maximum Gasteiger partial charge on any atom is 0.243 e. The third-order valence-corrected chi connectivity index (χ3v) is 5.07. The van der Waals surface area contributed by atoms with Crippen LogP contribution in [0.3, 0.4) is 0 Å². The summed E-state index contributed by atoms with van der Waals surface area (Å²) in [7, 11) is 1.56. The molecule has 0 aliphatic carbocycles. The Morgan fingerprint density at radius 3 is 2.62 bits per heavy atom. The smallest absolute Gasteiger partial charge is 0.243 e. The van der Waals surface area contributed by atoms with Gasteiger partial charge < -0.3 is 29.0 Å². The maximum atomic E-state index is 12.8. The van der Waals surface area contributed by atoms with Gasteiger partial charge in [0.2, 0.25) is 17.7 Å². The lowest BCUT2D eigenvalue weighted by atomic mass is 10.1. The summed E-state index contributed by atoms with van der Waals surface area (Å²) in [6, 6.07) is 8.69. The van der Waals surface area contributed by atoms with Gasteiger partial charge in [0.05, 0.1) is 38.5 Å². The Bertz CT molecular complexity index is 943. The Morgan fingerprint density at radius 1 is 1.19 bits per heavy atom. The number of hydrogen-bond donors (Lipinski definition) is 1. The molecule has 0 unspecified atom stereocenters. The monoisotopic (exact) mass is 443 g/mol. The highest BCUT2D eigenvalue weighted by Crippen LogP contribution is 2.30. The zero-order chi connectivity index (χ0) is 23.1. The van der Waals surface area contributed by atoms with Crippen LogP contribution in [0.4, 0.5) is 5.69 Å². The summed E-state index contributed by atoms with van der Waals surface area (Å²) in [6.07, 6.45) is 1.68. The van der Waals surface area contributed by atoms with Gasteiger partial charge in [-0.1, -0.05) is 0 Å². The number of benzene rings is 1. The van der Waals surface area contributed by atoms with Gasteiger partial charge >= 0.3 is 0 Å². The fourth-order valence-corrected chi connectivity index (χ4v) is 3.62. The summed E-state index contributed by atoms with van der Waals surface area (Å²) in [6.45, 7) is 5.23. The molecule has 1 aliphatic heterocycles. The van der Waals surface area contributed by atoms with Crippen molar-refractivity contribution in [2.45, 2.75) is 26.8 Å². The highest BCUT2D eigenvalue weighted by Gasteiger charge is 2.36. The van der Waals surface area contributed by atoms with Crippen molar-refractivity contribution >= 4 is 23.4 Å². The molecule has 1 aliphatic rings. The SMILES string of the molecule is CCOc1ccc(NC(=O)CN(C)C(=O)[C@H]2CC(=O)N(Cc3ccco3)C2)cc1OCC. The Morgan fingerprint density at radius 2 is 1.94 bits per heavy atom. The second-order valence-electron chi connectivity index (χ2n) is 7.52. The lowest BCUT2D eigenvalue weighted by molar-refractivity contribution is -0.137. The van der Waals surface area contributed by atoms with Gasteiger partial charge in [0.15, 0.2) is 11.5 Å². The number of nitrogens with one attached hydrogen (secondary N) is 1. The van der Waals surface area contributed by atoms with Gasteiger partial charge in [-0.05, 0) is 38.1 Å². The van der Waals surface area contributed by atoms with Gasteiger partial charge in [0.25, 0.3) is 0 Å². The van der Waals surface area contributed by atoms with Crippen molar-refractivity contribution in [1.82, 2.24) is 9.80 Å². The molecule has 2 aromatic rings. The quantitative estimate of drug-likeness (QED) is 0.606. The van der Waals surface area contributed by atoms with Crippen LogP contribution in [0, 0.1) is 5.92 Å². The standard InChI is InChI=1S/C23H29N3O6/c1-4-30-19-9-8-17(12-20(19)31-5-2)24-21(27)15-25(3)23(29)16-11-22(28)26(13-16)14-18-7-6-10-32-18/h6-10,12,16H,4-5,11,13-15H2,1-3H3,(H,24,27)/t16-/m0/s1. The molecule has 1 fully saturated rings. The first-order chi connectivity index (χ1) is 15.4. The van der Waals surface area contributed by atoms with Crippen LogP contribution in [0.15, 0.2) is 41.0 Å². The Labute approximate surface area is 187 Å². The zero-order valence-electron chi connectivity index (χ0n) is 18.6. The largest absolute Gasteiger partial charge is 0.490 e. The van der Waals surface area contributed by atoms with Gasteiger partial charge in [0.1, 0.15) is 5.76 Å². The lowest BCUT2D eigenvalue weighted by Crippen LogP contribution is -2.39. The molecule has 1 aromatic carbocycles. The van der Waals surface area contributed by atoms with Crippen LogP contribution >= 0.6 is 0 Å². The predicted octanol–water partition coefficient (Wildman–Crippen LogP) is 2.52. The molecule has 172 valence electrons. The first-order valence-corrected chi connectivity index (χ1v) is 10.7. The van der Waals surface area contributed by atoms with E-state index in [1.807, 2.05) is 13.8 Å². The van der Waals surface area contributed by atoms with Crippen molar-refractivity contribution in [3.8, 4) is 11.5 Å². The highest BCUT2D eigenvalue weighted by molar-refractivity contribution is 5.96. The number of amides is 3. The van der Waals surface area contributed by atoms with Gasteiger partial charge in [-0.3, -0.25) is 14.4 Å². The van der Waals surface area contributed by atoms with E-state index in [9.17, 15) is 14.4 Å². The molecule has 1 atom stereocenters. The molecule has 0 bridgehead atoms. The summed E-state index contributed by atoms with van der Waals surface area (Å²) in [5, 5.41) is 2.78. The molecular formula is C23H29N3O6. The number of rotatable bonds is 10. The average molecular weight is 444 g/mol. The van der Waals surface area contributed by atoms with Gasteiger partial charge in [-0.15, -0.1) is 0 Å². The molecule has 1 aromatic heterocycles. The Hall–Kier alpha value is -3.49. The number of ether oxygens (including phenoxy) is 2. The first-order valence-electron chi connectivity index (χ1n) is 10.7. The van der Waals surface area contributed by atoms with Crippen molar-refractivity contribution in [3.05, 3.63) is 42.4 Å². The number of furan rings is 1. The number of carbonyl (C=O) groups is 3. The second kappa shape index (κ2) is 10.7. The van der Waals surface area contributed by atoms with Crippen molar-refractivity contribution in [2.75, 3.05) is 38.7 Å². The molecule has 0 radical (unpaired) electrons. The van der Waals surface area contributed by atoms with Crippen LogP contribution in [-0.4, -0.2) is 60.9 Å². The highest BCUT2D eigenvalue weighted by atomic mass is 16.5. The van der Waals surface area contributed by atoms with E-state index >= 15 is 0 Å². The van der Waals surface area contributed by atoms with Crippen LogP contribution in [0.1, 0.15) is 26.0 Å². The van der Waals surface area contributed by atoms with Gasteiger partial charge in [-0.2, -0.15) is 0 Å². The predicted molar refractivity (Wildman–Crippen MR) is 117 cm³/mol. The van der Waals surface area contributed by atoms with E-state index in [1.165, 1.54) is 4.90 Å². The minimum absolute atomic E-state index is 0.101. The van der Waals surface area contributed by atoms with Crippen LogP contribution in [0.25, 0.3) is 0 Å². The van der Waals surface area contributed by atoms with E-state index in [1.54, 1.807) is 48.5 Å². The first kappa shape index (κ1) is 23.2. The fourth-order valence-electron chi connectivity index (χ4n) is 3.62. The molecular weight excluding hydrogens is 414 g/mol. The molecule has 1 saturated heterocycles. The summed E-state index contributed by atoms with van der Waals surface area (Å²) in [5.74, 6) is 0.644. The van der Waals surface area contributed by atoms with Crippen molar-refractivity contribution in [3.63, 3.8) is 0 Å². The third kappa shape index (κ3) is 5.81. The number of anilines is 1. The molecule has 0 saturated carbocycles. The van der Waals surface area contributed by atoms with Gasteiger partial charge in [-0.25, -0.2) is 0 Å². The summed E-state index contributed by atoms with van der Waals surface area (Å²) in [4.78, 5) is 40.5. The normalized spacial score (nSPS) is 15.5. The number of hydrogen-bond acceptors (Lipinski definition) is 6. The topological polar surface area (TPSA) is 101 Å². The van der Waals surface area contributed by atoms with E-state index in [4.69, 9.17) is 13.9 Å². The van der Waals surface area contributed by atoms with Crippen LogP contribution in [0.2, 0.25) is 0 Å². The average Bonchev–Trinajstić information content (AvgIpc) is 3.40. The van der Waals surface area contributed by atoms with E-state index in [-0.39, 0.29) is 30.7 Å². The van der Waals surface area contributed by atoms with Crippen molar-refractivity contribution in [1.29, 1.82) is 0 Å². The molecule has 0 spiro atoms. The lowest BCUT2D eigenvalue weighted by Gasteiger charge is -2.21. The fraction of sp³-hybridized carbons (Fsp3) is 0.435. The molecule has 1 N–H and O–H groups in total. The van der Waals surface area contributed by atoms with Crippen molar-refractivity contribution in [2.24, 2.45) is 5.92 Å². The molecule has 32 heavy (non-hydrogen) atoms. The number of likely N-dealkylation sites (N-methyl/N-ethyl adjacent to an activating group) is 1. The van der Waals surface area contributed by atoms with E-state index in [2.05, 4.69) is 5.32 Å². The zero-order valence-corrected chi connectivity index (χ0v) is 18.6. The molecule has 9 nitrogen and oxygen atoms in total. The summed E-state index contributed by atoms with van der Waals surface area (Å²) >= 11 is 0. The van der Waals surface area contributed by atoms with Gasteiger partial charge in [0, 0.05) is 31.8 Å². The molecule has 9 heteroatoms. The minimum atomic E-state index is -0.481. The Balaban J connectivity index is 1.54. The third-order valence-electron chi connectivity index (χ3n) is 5.07.